The number of rotatable bonds is 3. The van der Waals surface area contributed by atoms with Gasteiger partial charge in [0.05, 0.1) is 22.6 Å². The summed E-state index contributed by atoms with van der Waals surface area (Å²) < 4.78 is 14.1. The molecule has 0 saturated carbocycles. The smallest absolute Gasteiger partial charge is 0.257 e. The Labute approximate surface area is 186 Å². The van der Waals surface area contributed by atoms with Gasteiger partial charge in [0.2, 0.25) is 0 Å². The number of hydrogen-bond acceptors (Lipinski definition) is 4. The maximum absolute atomic E-state index is 14.1. The second-order valence-corrected chi connectivity index (χ2v) is 7.59. The van der Waals surface area contributed by atoms with Crippen LogP contribution in [-0.2, 0) is 4.79 Å². The number of benzene rings is 2. The Bertz CT molecular complexity index is 1130. The van der Waals surface area contributed by atoms with E-state index in [9.17, 15) is 14.0 Å². The van der Waals surface area contributed by atoms with Gasteiger partial charge in [0.15, 0.2) is 0 Å². The van der Waals surface area contributed by atoms with Crippen LogP contribution in [0, 0.1) is 5.82 Å². The number of hydrogen-bond donors (Lipinski definition) is 2. The van der Waals surface area contributed by atoms with Crippen molar-refractivity contribution in [1.29, 1.82) is 0 Å². The number of anilines is 3. The molecular formula is C25H25FN4O2. The molecule has 1 saturated heterocycles. The van der Waals surface area contributed by atoms with E-state index in [4.69, 9.17) is 0 Å². The summed E-state index contributed by atoms with van der Waals surface area (Å²) in [6.45, 7) is 7.60. The van der Waals surface area contributed by atoms with Gasteiger partial charge in [0.1, 0.15) is 5.82 Å². The van der Waals surface area contributed by atoms with E-state index < -0.39 is 0 Å². The fourth-order valence-electron chi connectivity index (χ4n) is 3.97. The second-order valence-electron chi connectivity index (χ2n) is 7.59. The highest BCUT2D eigenvalue weighted by molar-refractivity contribution is 6.11. The molecule has 0 bridgehead atoms. The molecule has 6 nitrogen and oxygen atoms in total. The number of nitrogens with zero attached hydrogens (tertiary/aromatic N) is 2. The third kappa shape index (κ3) is 4.14. The summed E-state index contributed by atoms with van der Waals surface area (Å²) in [4.78, 5) is 29.5. The van der Waals surface area contributed by atoms with E-state index in [1.165, 1.54) is 6.07 Å². The van der Waals surface area contributed by atoms with Crippen molar-refractivity contribution in [2.75, 3.05) is 41.7 Å². The standard InChI is InChI=1S/C25H25FN4O2/c1-3-7-18-20(4-2)27-21-11-10-17(16-22(21)28-24(18)31)25(32)30-14-12-29(13-15-30)23-9-6-5-8-19(23)26/h3-11,16,27H,1,12-15H2,2H3,(H,28,31)/b18-7+,20-4+. The highest BCUT2D eigenvalue weighted by atomic mass is 19.1. The molecule has 7 heteroatoms. The first kappa shape index (κ1) is 21.4. The largest absolute Gasteiger partial charge is 0.366 e. The summed E-state index contributed by atoms with van der Waals surface area (Å²) in [5, 5.41) is 6.12. The first-order chi connectivity index (χ1) is 15.5. The summed E-state index contributed by atoms with van der Waals surface area (Å²) in [5.74, 6) is -0.647. The summed E-state index contributed by atoms with van der Waals surface area (Å²) in [6.07, 6.45) is 5.02. The molecule has 2 aromatic rings. The first-order valence-electron chi connectivity index (χ1n) is 10.5. The second kappa shape index (κ2) is 9.09. The van der Waals surface area contributed by atoms with Crippen LogP contribution in [0.25, 0.3) is 0 Å². The highest BCUT2D eigenvalue weighted by Gasteiger charge is 2.26. The lowest BCUT2D eigenvalue weighted by atomic mass is 10.1. The van der Waals surface area contributed by atoms with Gasteiger partial charge < -0.3 is 20.4 Å². The van der Waals surface area contributed by atoms with E-state index in [1.807, 2.05) is 24.0 Å². The van der Waals surface area contributed by atoms with Crippen molar-refractivity contribution in [2.45, 2.75) is 6.92 Å². The number of piperazine rings is 1. The number of carbonyl (C=O) groups excluding carboxylic acids is 2. The van der Waals surface area contributed by atoms with E-state index >= 15 is 0 Å². The molecule has 2 N–H and O–H groups in total. The van der Waals surface area contributed by atoms with Crippen LogP contribution in [-0.4, -0.2) is 42.9 Å². The van der Waals surface area contributed by atoms with Gasteiger partial charge in [-0.1, -0.05) is 30.9 Å². The topological polar surface area (TPSA) is 64.7 Å². The van der Waals surface area contributed by atoms with Crippen LogP contribution in [0.5, 0.6) is 0 Å². The minimum absolute atomic E-state index is 0.118. The van der Waals surface area contributed by atoms with E-state index in [-0.39, 0.29) is 17.6 Å². The SMILES string of the molecule is C=C/C=C1/C(=O)Nc2cc(C(=O)N3CCN(c4ccccc4F)CC3)ccc2N/C1=C/C. The third-order valence-electron chi connectivity index (χ3n) is 5.65. The van der Waals surface area contributed by atoms with E-state index in [0.29, 0.717) is 60.1 Å². The maximum atomic E-state index is 14.1. The summed E-state index contributed by atoms with van der Waals surface area (Å²) >= 11 is 0. The minimum atomic E-state index is -0.271. The molecule has 0 atom stereocenters. The van der Waals surface area contributed by atoms with Crippen molar-refractivity contribution in [3.05, 3.63) is 89.9 Å². The van der Waals surface area contributed by atoms with Gasteiger partial charge in [-0.3, -0.25) is 9.59 Å². The van der Waals surface area contributed by atoms with Crippen LogP contribution < -0.4 is 15.5 Å². The molecule has 2 aromatic carbocycles. The fourth-order valence-corrected chi connectivity index (χ4v) is 3.97. The van der Waals surface area contributed by atoms with Crippen LogP contribution in [0.3, 0.4) is 0 Å². The van der Waals surface area contributed by atoms with Gasteiger partial charge in [-0.05, 0) is 43.3 Å². The Morgan fingerprint density at radius 3 is 2.50 bits per heavy atom. The van der Waals surface area contributed by atoms with Crippen molar-refractivity contribution < 1.29 is 14.0 Å². The number of allylic oxidation sites excluding steroid dienone is 3. The molecule has 2 heterocycles. The molecule has 2 amide bonds. The highest BCUT2D eigenvalue weighted by Crippen LogP contribution is 2.31. The van der Waals surface area contributed by atoms with Gasteiger partial charge in [-0.25, -0.2) is 4.39 Å². The monoisotopic (exact) mass is 432 g/mol. The zero-order valence-electron chi connectivity index (χ0n) is 17.9. The first-order valence-corrected chi connectivity index (χ1v) is 10.5. The maximum Gasteiger partial charge on any atom is 0.257 e. The number of nitrogens with one attached hydrogen (secondary N) is 2. The Hall–Kier alpha value is -3.87. The summed E-state index contributed by atoms with van der Waals surface area (Å²) in [5.41, 5.74) is 3.43. The van der Waals surface area contributed by atoms with Gasteiger partial charge in [0.25, 0.3) is 11.8 Å². The minimum Gasteiger partial charge on any atom is -0.366 e. The molecule has 0 radical (unpaired) electrons. The van der Waals surface area contributed by atoms with Crippen molar-refractivity contribution in [1.82, 2.24) is 4.90 Å². The molecule has 0 spiro atoms. The van der Waals surface area contributed by atoms with E-state index in [2.05, 4.69) is 17.2 Å². The van der Waals surface area contributed by atoms with Crippen LogP contribution >= 0.6 is 0 Å². The van der Waals surface area contributed by atoms with Crippen molar-refractivity contribution in [2.24, 2.45) is 0 Å². The number of amides is 2. The zero-order chi connectivity index (χ0) is 22.7. The molecule has 0 aliphatic carbocycles. The van der Waals surface area contributed by atoms with Crippen molar-refractivity contribution in [3.8, 4) is 0 Å². The van der Waals surface area contributed by atoms with E-state index in [1.54, 1.807) is 47.4 Å². The number of fused-ring (bicyclic) bond motifs is 1. The lowest BCUT2D eigenvalue weighted by Gasteiger charge is -2.36. The average Bonchev–Trinajstić information content (AvgIpc) is 2.94. The third-order valence-corrected chi connectivity index (χ3v) is 5.65. The lowest BCUT2D eigenvalue weighted by molar-refractivity contribution is -0.112. The average molecular weight is 432 g/mol. The lowest BCUT2D eigenvalue weighted by Crippen LogP contribution is -2.49. The van der Waals surface area contributed by atoms with Crippen LogP contribution in [0.4, 0.5) is 21.5 Å². The molecule has 2 aliphatic heterocycles. The van der Waals surface area contributed by atoms with Gasteiger partial charge >= 0.3 is 0 Å². The fraction of sp³-hybridized carbons (Fsp3) is 0.200. The Kier molecular flexibility index (Phi) is 6.07. The van der Waals surface area contributed by atoms with Crippen molar-refractivity contribution in [3.63, 3.8) is 0 Å². The zero-order valence-corrected chi connectivity index (χ0v) is 17.9. The Morgan fingerprint density at radius 2 is 1.81 bits per heavy atom. The predicted molar refractivity (Wildman–Crippen MR) is 125 cm³/mol. The molecule has 2 aliphatic rings. The van der Waals surface area contributed by atoms with Gasteiger partial charge in [-0.2, -0.15) is 0 Å². The summed E-state index contributed by atoms with van der Waals surface area (Å²) in [7, 11) is 0. The molecule has 0 aromatic heterocycles. The Balaban J connectivity index is 1.50. The normalized spacial score (nSPS) is 18.6. The van der Waals surface area contributed by atoms with Crippen LogP contribution in [0.2, 0.25) is 0 Å². The van der Waals surface area contributed by atoms with Gasteiger partial charge in [-0.15, -0.1) is 0 Å². The van der Waals surface area contributed by atoms with E-state index in [0.717, 1.165) is 0 Å². The summed E-state index contributed by atoms with van der Waals surface area (Å²) in [6, 6.07) is 11.9. The molecule has 164 valence electrons. The molecule has 1 fully saturated rings. The number of para-hydroxylation sites is 1. The molecule has 4 rings (SSSR count). The number of halogens is 1. The molecule has 32 heavy (non-hydrogen) atoms. The Morgan fingerprint density at radius 1 is 1.06 bits per heavy atom. The number of carbonyl (C=O) groups is 2. The van der Waals surface area contributed by atoms with Crippen LogP contribution in [0.1, 0.15) is 17.3 Å². The van der Waals surface area contributed by atoms with Crippen LogP contribution in [0.15, 0.2) is 78.5 Å². The molecule has 0 unspecified atom stereocenters. The van der Waals surface area contributed by atoms with Crippen molar-refractivity contribution >= 4 is 28.9 Å². The van der Waals surface area contributed by atoms with Gasteiger partial charge in [0, 0.05) is 37.4 Å². The molecular weight excluding hydrogens is 407 g/mol. The quantitative estimate of drug-likeness (QED) is 0.715. The predicted octanol–water partition coefficient (Wildman–Crippen LogP) is 4.17.